The molecule has 28 heavy (non-hydrogen) atoms. The highest BCUT2D eigenvalue weighted by molar-refractivity contribution is 7.17. The molecule has 144 valence electrons. The van der Waals surface area contributed by atoms with Crippen molar-refractivity contribution >= 4 is 38.9 Å². The van der Waals surface area contributed by atoms with Gasteiger partial charge in [0.1, 0.15) is 16.3 Å². The van der Waals surface area contributed by atoms with E-state index < -0.39 is 0 Å². The molecule has 1 aromatic carbocycles. The lowest BCUT2D eigenvalue weighted by atomic mass is 10.2. The molecule has 0 spiro atoms. The number of amides is 1. The van der Waals surface area contributed by atoms with Crippen molar-refractivity contribution in [3.05, 3.63) is 57.7 Å². The molecule has 0 bridgehead atoms. The lowest BCUT2D eigenvalue weighted by Gasteiger charge is -2.07. The van der Waals surface area contributed by atoms with Gasteiger partial charge in [-0.3, -0.25) is 18.6 Å². The Kier molecular flexibility index (Phi) is 4.91. The van der Waals surface area contributed by atoms with Crippen molar-refractivity contribution in [3.63, 3.8) is 0 Å². The zero-order valence-electron chi connectivity index (χ0n) is 15.2. The number of aryl methyl sites for hydroxylation is 2. The summed E-state index contributed by atoms with van der Waals surface area (Å²) < 4.78 is 17.1. The first-order valence-electron chi connectivity index (χ1n) is 8.98. The summed E-state index contributed by atoms with van der Waals surface area (Å²) in [6, 6.07) is 7.55. The van der Waals surface area contributed by atoms with Crippen LogP contribution >= 0.6 is 11.3 Å². The molecule has 0 saturated carbocycles. The van der Waals surface area contributed by atoms with E-state index >= 15 is 0 Å². The summed E-state index contributed by atoms with van der Waals surface area (Å²) in [7, 11) is 0. The Morgan fingerprint density at radius 3 is 2.75 bits per heavy atom. The molecule has 4 aromatic rings. The van der Waals surface area contributed by atoms with E-state index in [0.717, 1.165) is 11.3 Å². The van der Waals surface area contributed by atoms with Crippen molar-refractivity contribution in [1.82, 2.24) is 19.2 Å². The summed E-state index contributed by atoms with van der Waals surface area (Å²) in [5.74, 6) is 0.743. The number of rotatable bonds is 6. The fraction of sp³-hybridized carbons (Fsp3) is 0.263. The number of carbonyl (C=O) groups excluding carboxylic acids is 1. The second kappa shape index (κ2) is 7.51. The van der Waals surface area contributed by atoms with Gasteiger partial charge in [-0.15, -0.1) is 21.5 Å². The summed E-state index contributed by atoms with van der Waals surface area (Å²) in [5, 5.41) is 13.1. The number of hydrogen-bond acceptors (Lipinski definition) is 5. The highest BCUT2D eigenvalue weighted by Gasteiger charge is 2.16. The van der Waals surface area contributed by atoms with E-state index in [-0.39, 0.29) is 17.3 Å². The third kappa shape index (κ3) is 3.29. The molecule has 4 rings (SSSR count). The van der Waals surface area contributed by atoms with Crippen LogP contribution in [0, 0.1) is 5.82 Å². The van der Waals surface area contributed by atoms with Gasteiger partial charge in [-0.05, 0) is 49.1 Å². The van der Waals surface area contributed by atoms with Gasteiger partial charge in [0.05, 0.1) is 5.52 Å². The number of hydrogen-bond donors (Lipinski definition) is 1. The number of nitrogens with zero attached hydrogens (tertiary/aromatic N) is 4. The predicted octanol–water partition coefficient (Wildman–Crippen LogP) is 3.23. The van der Waals surface area contributed by atoms with Gasteiger partial charge in [0, 0.05) is 25.1 Å². The van der Waals surface area contributed by atoms with Crippen LogP contribution in [0.25, 0.3) is 16.0 Å². The zero-order chi connectivity index (χ0) is 19.7. The first-order chi connectivity index (χ1) is 13.6. The minimum absolute atomic E-state index is 0.0578. The Morgan fingerprint density at radius 2 is 2.00 bits per heavy atom. The van der Waals surface area contributed by atoms with Gasteiger partial charge >= 0.3 is 0 Å². The molecule has 0 fully saturated rings. The number of benzene rings is 1. The highest BCUT2D eigenvalue weighted by atomic mass is 32.1. The number of thiophene rings is 1. The average molecular weight is 399 g/mol. The van der Waals surface area contributed by atoms with E-state index in [2.05, 4.69) is 15.5 Å². The third-order valence-corrected chi connectivity index (χ3v) is 5.42. The Labute approximate surface area is 163 Å². The summed E-state index contributed by atoms with van der Waals surface area (Å²) in [6.07, 6.45) is 1.42. The Bertz CT molecular complexity index is 1210. The minimum Gasteiger partial charge on any atom is -0.326 e. The first-order valence-corrected chi connectivity index (χ1v) is 9.86. The maximum atomic E-state index is 12.9. The maximum Gasteiger partial charge on any atom is 0.272 e. The number of aromatic nitrogens is 4. The SMILES string of the molecule is CCn1c(=O)c2sccc2n2c(CCCC(=O)Nc3ccc(F)cc3)nnc12. The number of anilines is 1. The van der Waals surface area contributed by atoms with Crippen molar-refractivity contribution in [1.29, 1.82) is 0 Å². The Balaban J connectivity index is 1.51. The normalized spacial score (nSPS) is 11.4. The van der Waals surface area contributed by atoms with Gasteiger partial charge in [-0.2, -0.15) is 0 Å². The lowest BCUT2D eigenvalue weighted by molar-refractivity contribution is -0.116. The number of halogens is 1. The highest BCUT2D eigenvalue weighted by Crippen LogP contribution is 2.20. The van der Waals surface area contributed by atoms with E-state index in [9.17, 15) is 14.0 Å². The van der Waals surface area contributed by atoms with Crippen molar-refractivity contribution < 1.29 is 9.18 Å². The van der Waals surface area contributed by atoms with Gasteiger partial charge < -0.3 is 5.32 Å². The molecule has 0 unspecified atom stereocenters. The third-order valence-electron chi connectivity index (χ3n) is 4.53. The van der Waals surface area contributed by atoms with Crippen LogP contribution in [-0.4, -0.2) is 25.1 Å². The molecule has 0 aliphatic carbocycles. The van der Waals surface area contributed by atoms with Gasteiger partial charge in [-0.1, -0.05) is 0 Å². The maximum absolute atomic E-state index is 12.9. The van der Waals surface area contributed by atoms with Crippen LogP contribution in [0.2, 0.25) is 0 Å². The second-order valence-electron chi connectivity index (χ2n) is 6.34. The standard InChI is InChI=1S/C19H18FN5O2S/c1-2-24-18(27)17-14(10-11-28-17)25-15(22-23-19(24)25)4-3-5-16(26)21-13-8-6-12(20)7-9-13/h6-11H,2-5H2,1H3,(H,21,26). The van der Waals surface area contributed by atoms with E-state index in [1.54, 1.807) is 4.57 Å². The Hall–Kier alpha value is -3.07. The number of fused-ring (bicyclic) bond motifs is 3. The molecule has 9 heteroatoms. The largest absolute Gasteiger partial charge is 0.326 e. The molecular formula is C19H18FN5O2S. The molecular weight excluding hydrogens is 381 g/mol. The van der Waals surface area contributed by atoms with E-state index in [1.807, 2.05) is 22.8 Å². The van der Waals surface area contributed by atoms with E-state index in [1.165, 1.54) is 35.6 Å². The van der Waals surface area contributed by atoms with Gasteiger partial charge in [0.15, 0.2) is 0 Å². The van der Waals surface area contributed by atoms with Crippen molar-refractivity contribution in [3.8, 4) is 0 Å². The number of nitrogens with one attached hydrogen (secondary N) is 1. The van der Waals surface area contributed by atoms with Crippen LogP contribution < -0.4 is 10.9 Å². The average Bonchev–Trinajstić information content (AvgIpc) is 3.31. The van der Waals surface area contributed by atoms with Crippen LogP contribution in [-0.2, 0) is 17.8 Å². The molecule has 1 amide bonds. The van der Waals surface area contributed by atoms with Crippen LogP contribution in [0.3, 0.4) is 0 Å². The topological polar surface area (TPSA) is 81.3 Å². The van der Waals surface area contributed by atoms with Crippen LogP contribution in [0.5, 0.6) is 0 Å². The molecule has 0 atom stereocenters. The zero-order valence-corrected chi connectivity index (χ0v) is 16.0. The van der Waals surface area contributed by atoms with Crippen LogP contribution in [0.4, 0.5) is 10.1 Å². The van der Waals surface area contributed by atoms with Crippen LogP contribution in [0.15, 0.2) is 40.5 Å². The first kappa shape index (κ1) is 18.3. The van der Waals surface area contributed by atoms with Crippen molar-refractivity contribution in [2.75, 3.05) is 5.32 Å². The van der Waals surface area contributed by atoms with Gasteiger partial charge in [-0.25, -0.2) is 4.39 Å². The molecule has 0 aliphatic heterocycles. The summed E-state index contributed by atoms with van der Waals surface area (Å²) >= 11 is 1.40. The smallest absolute Gasteiger partial charge is 0.272 e. The summed E-state index contributed by atoms with van der Waals surface area (Å²) in [5.41, 5.74) is 1.30. The monoisotopic (exact) mass is 399 g/mol. The number of carbonyl (C=O) groups is 1. The molecule has 3 aromatic heterocycles. The fourth-order valence-electron chi connectivity index (χ4n) is 3.19. The quantitative estimate of drug-likeness (QED) is 0.540. The molecule has 7 nitrogen and oxygen atoms in total. The van der Waals surface area contributed by atoms with Gasteiger partial charge in [0.2, 0.25) is 11.7 Å². The molecule has 0 radical (unpaired) electrons. The minimum atomic E-state index is -0.345. The lowest BCUT2D eigenvalue weighted by Crippen LogP contribution is -2.21. The van der Waals surface area contributed by atoms with Crippen molar-refractivity contribution in [2.24, 2.45) is 0 Å². The van der Waals surface area contributed by atoms with Gasteiger partial charge in [0.25, 0.3) is 5.56 Å². The molecule has 0 aliphatic rings. The fourth-order valence-corrected chi connectivity index (χ4v) is 4.02. The van der Waals surface area contributed by atoms with Crippen molar-refractivity contribution in [2.45, 2.75) is 32.7 Å². The Morgan fingerprint density at radius 1 is 1.21 bits per heavy atom. The predicted molar refractivity (Wildman–Crippen MR) is 106 cm³/mol. The summed E-state index contributed by atoms with van der Waals surface area (Å²) in [4.78, 5) is 24.7. The molecule has 1 N–H and O–H groups in total. The molecule has 3 heterocycles. The van der Waals surface area contributed by atoms with E-state index in [0.29, 0.717) is 42.0 Å². The van der Waals surface area contributed by atoms with E-state index in [4.69, 9.17) is 0 Å². The second-order valence-corrected chi connectivity index (χ2v) is 7.26. The van der Waals surface area contributed by atoms with Crippen LogP contribution in [0.1, 0.15) is 25.6 Å². The summed E-state index contributed by atoms with van der Waals surface area (Å²) in [6.45, 7) is 2.41. The molecule has 0 saturated heterocycles.